The summed E-state index contributed by atoms with van der Waals surface area (Å²) in [6.45, 7) is 2.18. The molecule has 0 amide bonds. The van der Waals surface area contributed by atoms with Gasteiger partial charge in [0.05, 0.1) is 32.9 Å². The van der Waals surface area contributed by atoms with Crippen LogP contribution in [0.4, 0.5) is 0 Å². The molecule has 0 aliphatic rings. The quantitative estimate of drug-likeness (QED) is 0.368. The van der Waals surface area contributed by atoms with Crippen molar-refractivity contribution in [3.63, 3.8) is 0 Å². The minimum absolute atomic E-state index is 1.03. The van der Waals surface area contributed by atoms with Gasteiger partial charge in [0, 0.05) is 21.5 Å². The molecule has 2 aromatic carbocycles. The van der Waals surface area contributed by atoms with Crippen molar-refractivity contribution in [1.82, 2.24) is 4.98 Å². The molecule has 0 aliphatic carbocycles. The summed E-state index contributed by atoms with van der Waals surface area (Å²) in [6, 6.07) is 15.2. The first-order chi connectivity index (χ1) is 11.7. The van der Waals surface area contributed by atoms with Crippen molar-refractivity contribution in [2.45, 2.75) is 6.92 Å². The molecule has 4 heteroatoms. The number of hydrogen-bond donors (Lipinski definition) is 0. The third-order valence-corrected chi connectivity index (χ3v) is 7.10. The topological polar surface area (TPSA) is 16.8 Å². The van der Waals surface area contributed by atoms with E-state index in [2.05, 4.69) is 66.1 Å². The van der Waals surface area contributed by atoms with E-state index >= 15 is 0 Å². The maximum Gasteiger partial charge on any atom is 0.331 e. The van der Waals surface area contributed by atoms with Gasteiger partial charge in [0.2, 0.25) is 0 Å². The van der Waals surface area contributed by atoms with Crippen LogP contribution < -0.4 is 4.57 Å². The van der Waals surface area contributed by atoms with Crippen molar-refractivity contribution < 1.29 is 4.57 Å². The van der Waals surface area contributed by atoms with Gasteiger partial charge in [-0.3, -0.25) is 0 Å². The van der Waals surface area contributed by atoms with Gasteiger partial charge in [-0.05, 0) is 23.5 Å². The molecule has 0 fully saturated rings. The number of rotatable bonds is 1. The van der Waals surface area contributed by atoms with E-state index < -0.39 is 0 Å². The van der Waals surface area contributed by atoms with E-state index in [-0.39, 0.29) is 0 Å². The normalized spacial score (nSPS) is 11.8. The molecule has 0 radical (unpaired) electrons. The van der Waals surface area contributed by atoms with Crippen molar-refractivity contribution in [1.29, 1.82) is 0 Å². The van der Waals surface area contributed by atoms with Gasteiger partial charge >= 0.3 is 5.82 Å². The maximum atomic E-state index is 4.65. The molecule has 0 aliphatic heterocycles. The van der Waals surface area contributed by atoms with E-state index in [1.54, 1.807) is 0 Å². The highest BCUT2D eigenvalue weighted by Crippen LogP contribution is 2.46. The molecule has 24 heavy (non-hydrogen) atoms. The van der Waals surface area contributed by atoms with Crippen molar-refractivity contribution in [2.75, 3.05) is 0 Å². The second-order valence-corrected chi connectivity index (χ2v) is 8.12. The molecule has 0 unspecified atom stereocenters. The van der Waals surface area contributed by atoms with Crippen LogP contribution in [0.2, 0.25) is 0 Å². The zero-order chi connectivity index (χ0) is 16.3. The zero-order valence-electron chi connectivity index (χ0n) is 13.4. The standard InChI is InChI=1S/C20H15N2S2/c1-12-8-9-14-17(16(12)20-21-10-5-11-22(20)2)24-18-13-6-3-4-7-15(13)23-19(14)18/h3-11H,1-2H3/q+1. The lowest BCUT2D eigenvalue weighted by Crippen LogP contribution is -2.31. The van der Waals surface area contributed by atoms with Crippen LogP contribution in [-0.2, 0) is 7.05 Å². The molecular weight excluding hydrogens is 332 g/mol. The smallest absolute Gasteiger partial charge is 0.233 e. The summed E-state index contributed by atoms with van der Waals surface area (Å²) in [5.74, 6) is 1.03. The van der Waals surface area contributed by atoms with E-state index in [9.17, 15) is 0 Å². The molecule has 116 valence electrons. The molecule has 0 bridgehead atoms. The van der Waals surface area contributed by atoms with Crippen molar-refractivity contribution in [2.24, 2.45) is 7.05 Å². The molecular formula is C20H15N2S2+. The van der Waals surface area contributed by atoms with E-state index in [0.717, 1.165) is 5.82 Å². The first-order valence-corrected chi connectivity index (χ1v) is 9.52. The SMILES string of the molecule is Cc1ccc2c(sc3c4ccccc4sc23)c1-c1nccc[n+]1C. The van der Waals surface area contributed by atoms with E-state index in [1.807, 2.05) is 34.9 Å². The Balaban J connectivity index is 1.96. The highest BCUT2D eigenvalue weighted by molar-refractivity contribution is 7.36. The largest absolute Gasteiger partial charge is 0.331 e. The van der Waals surface area contributed by atoms with Crippen molar-refractivity contribution >= 4 is 52.2 Å². The van der Waals surface area contributed by atoms with Gasteiger partial charge in [0.15, 0.2) is 0 Å². The Labute approximate surface area is 147 Å². The third kappa shape index (κ3) is 1.87. The fraction of sp³-hybridized carbons (Fsp3) is 0.100. The molecule has 0 atom stereocenters. The minimum Gasteiger partial charge on any atom is -0.233 e. The molecule has 2 nitrogen and oxygen atoms in total. The first kappa shape index (κ1) is 14.1. The average Bonchev–Trinajstić information content (AvgIpc) is 3.12. The van der Waals surface area contributed by atoms with Gasteiger partial charge in [0.1, 0.15) is 6.20 Å². The van der Waals surface area contributed by atoms with Gasteiger partial charge in [-0.25, -0.2) is 4.57 Å². The lowest BCUT2D eigenvalue weighted by atomic mass is 10.1. The Hall–Kier alpha value is -2.30. The highest BCUT2D eigenvalue weighted by Gasteiger charge is 2.22. The van der Waals surface area contributed by atoms with E-state index in [1.165, 1.54) is 40.7 Å². The molecule has 5 aromatic rings. The van der Waals surface area contributed by atoms with Gasteiger partial charge in [-0.15, -0.1) is 22.7 Å². The Morgan fingerprint density at radius 1 is 0.875 bits per heavy atom. The number of aryl methyl sites for hydroxylation is 2. The van der Waals surface area contributed by atoms with E-state index in [4.69, 9.17) is 0 Å². The predicted molar refractivity (Wildman–Crippen MR) is 104 cm³/mol. The first-order valence-electron chi connectivity index (χ1n) is 7.88. The zero-order valence-corrected chi connectivity index (χ0v) is 15.0. The second-order valence-electron chi connectivity index (χ2n) is 6.05. The molecule has 3 aromatic heterocycles. The number of thiophene rings is 2. The molecule has 0 spiro atoms. The van der Waals surface area contributed by atoms with E-state index in [0.29, 0.717) is 0 Å². The average molecular weight is 347 g/mol. The van der Waals surface area contributed by atoms with Gasteiger partial charge in [-0.2, -0.15) is 0 Å². The maximum absolute atomic E-state index is 4.65. The fourth-order valence-electron chi connectivity index (χ4n) is 3.33. The summed E-state index contributed by atoms with van der Waals surface area (Å²) in [4.78, 5) is 4.65. The minimum atomic E-state index is 1.03. The second kappa shape index (κ2) is 5.10. The van der Waals surface area contributed by atoms with Gasteiger partial charge in [-0.1, -0.05) is 30.3 Å². The summed E-state index contributed by atoms with van der Waals surface area (Å²) >= 11 is 3.79. The Morgan fingerprint density at radius 2 is 1.71 bits per heavy atom. The molecule has 0 saturated heterocycles. The number of hydrogen-bond acceptors (Lipinski definition) is 3. The Morgan fingerprint density at radius 3 is 2.58 bits per heavy atom. The van der Waals surface area contributed by atoms with Crippen molar-refractivity contribution in [3.05, 3.63) is 60.4 Å². The van der Waals surface area contributed by atoms with Crippen LogP contribution in [0.3, 0.4) is 0 Å². The van der Waals surface area contributed by atoms with Crippen LogP contribution in [0.15, 0.2) is 54.9 Å². The highest BCUT2D eigenvalue weighted by atomic mass is 32.1. The molecule has 0 saturated carbocycles. The number of aromatic nitrogens is 2. The van der Waals surface area contributed by atoms with Crippen LogP contribution in [-0.4, -0.2) is 4.98 Å². The van der Waals surface area contributed by atoms with Crippen LogP contribution in [0.25, 0.3) is 41.0 Å². The van der Waals surface area contributed by atoms with Gasteiger partial charge < -0.3 is 0 Å². The van der Waals surface area contributed by atoms with Gasteiger partial charge in [0.25, 0.3) is 0 Å². The van der Waals surface area contributed by atoms with Crippen LogP contribution in [0.1, 0.15) is 5.56 Å². The van der Waals surface area contributed by atoms with Crippen LogP contribution in [0, 0.1) is 6.92 Å². The molecule has 5 rings (SSSR count). The Kier molecular flexibility index (Phi) is 2.99. The summed E-state index contributed by atoms with van der Waals surface area (Å²) in [5, 5.41) is 2.72. The number of nitrogens with zero attached hydrogens (tertiary/aromatic N) is 2. The lowest BCUT2D eigenvalue weighted by molar-refractivity contribution is -0.663. The van der Waals surface area contributed by atoms with Crippen LogP contribution in [0.5, 0.6) is 0 Å². The van der Waals surface area contributed by atoms with Crippen LogP contribution >= 0.6 is 22.7 Å². The molecule has 3 heterocycles. The number of benzene rings is 2. The number of fused-ring (bicyclic) bond motifs is 5. The summed E-state index contributed by atoms with van der Waals surface area (Å²) in [5.41, 5.74) is 2.53. The third-order valence-electron chi connectivity index (χ3n) is 4.51. The van der Waals surface area contributed by atoms with Crippen molar-refractivity contribution in [3.8, 4) is 11.4 Å². The monoisotopic (exact) mass is 347 g/mol. The predicted octanol–water partition coefficient (Wildman–Crippen LogP) is 5.46. The molecule has 0 N–H and O–H groups in total. The Bertz CT molecular complexity index is 1230. The summed E-state index contributed by atoms with van der Waals surface area (Å²) in [6.07, 6.45) is 3.94. The fourth-order valence-corrected chi connectivity index (χ4v) is 6.17. The summed E-state index contributed by atoms with van der Waals surface area (Å²) in [7, 11) is 2.06. The summed E-state index contributed by atoms with van der Waals surface area (Å²) < 4.78 is 7.61. The lowest BCUT2D eigenvalue weighted by Gasteiger charge is -2.04.